The highest BCUT2D eigenvalue weighted by Gasteiger charge is 2.31. The molecule has 9 heteroatoms. The third kappa shape index (κ3) is 3.59. The number of hydrogen-bond acceptors (Lipinski definition) is 5. The number of benzene rings is 2. The molecule has 0 saturated heterocycles. The predicted octanol–water partition coefficient (Wildman–Crippen LogP) is 2.30. The topological polar surface area (TPSA) is 97.2 Å². The van der Waals surface area contributed by atoms with Crippen molar-refractivity contribution in [2.75, 3.05) is 10.8 Å². The highest BCUT2D eigenvalue weighted by Crippen LogP contribution is 2.32. The van der Waals surface area contributed by atoms with E-state index < -0.39 is 10.0 Å². The molecule has 3 heterocycles. The zero-order valence-electron chi connectivity index (χ0n) is 17.0. The summed E-state index contributed by atoms with van der Waals surface area (Å²) in [7, 11) is -3.75. The second-order valence-electron chi connectivity index (χ2n) is 7.81. The van der Waals surface area contributed by atoms with Gasteiger partial charge in [0.15, 0.2) is 5.82 Å². The summed E-state index contributed by atoms with van der Waals surface area (Å²) in [6.07, 6.45) is 3.76. The number of fused-ring (bicyclic) bond motifs is 2. The molecule has 0 saturated carbocycles. The van der Waals surface area contributed by atoms with E-state index in [4.69, 9.17) is 0 Å². The third-order valence-corrected chi connectivity index (χ3v) is 7.68. The van der Waals surface area contributed by atoms with E-state index in [2.05, 4.69) is 20.1 Å². The summed E-state index contributed by atoms with van der Waals surface area (Å²) < 4.78 is 30.0. The fourth-order valence-corrected chi connectivity index (χ4v) is 5.79. The van der Waals surface area contributed by atoms with Crippen LogP contribution in [0, 0.1) is 0 Å². The van der Waals surface area contributed by atoms with Crippen LogP contribution in [0.2, 0.25) is 0 Å². The fraction of sp³-hybridized carbons (Fsp3) is 0.318. The normalized spacial score (nSPS) is 15.4. The summed E-state index contributed by atoms with van der Waals surface area (Å²) >= 11 is 0. The van der Waals surface area contributed by atoms with Crippen molar-refractivity contribution in [1.82, 2.24) is 20.1 Å². The molecular formula is C22H23N5O3S. The molecule has 31 heavy (non-hydrogen) atoms. The van der Waals surface area contributed by atoms with Crippen LogP contribution in [-0.4, -0.2) is 35.6 Å². The molecule has 2 aromatic carbocycles. The smallest absolute Gasteiger partial charge is 0.264 e. The van der Waals surface area contributed by atoms with E-state index in [9.17, 15) is 13.2 Å². The van der Waals surface area contributed by atoms with Gasteiger partial charge in [-0.15, -0.1) is 10.2 Å². The molecule has 0 fully saturated rings. The van der Waals surface area contributed by atoms with Gasteiger partial charge < -0.3 is 9.88 Å². The van der Waals surface area contributed by atoms with Crippen molar-refractivity contribution in [3.8, 4) is 0 Å². The molecule has 2 aliphatic rings. The second-order valence-corrected chi connectivity index (χ2v) is 9.67. The van der Waals surface area contributed by atoms with E-state index in [1.165, 1.54) is 16.4 Å². The van der Waals surface area contributed by atoms with Gasteiger partial charge in [-0.1, -0.05) is 24.3 Å². The average Bonchev–Trinajstić information content (AvgIpc) is 3.42. The van der Waals surface area contributed by atoms with Gasteiger partial charge in [0.25, 0.3) is 15.9 Å². The lowest BCUT2D eigenvalue weighted by atomic mass is 10.1. The van der Waals surface area contributed by atoms with E-state index in [1.807, 2.05) is 24.3 Å². The number of carbonyl (C=O) groups is 1. The van der Waals surface area contributed by atoms with Gasteiger partial charge in [-0.2, -0.15) is 0 Å². The Morgan fingerprint density at radius 1 is 1.00 bits per heavy atom. The standard InChI is InChI=1S/C22H23N5O3S/c28-22(23-15-21-25-24-20-10-3-4-12-26(20)21)17-7-5-8-18(14-17)31(29,30)27-13-11-16-6-1-2-9-19(16)27/h1-2,5-9,14H,3-4,10-13,15H2,(H,23,28). The van der Waals surface area contributed by atoms with Gasteiger partial charge in [0.1, 0.15) is 5.82 Å². The Bertz CT molecular complexity index is 1250. The van der Waals surface area contributed by atoms with Crippen molar-refractivity contribution in [2.24, 2.45) is 0 Å². The predicted molar refractivity (Wildman–Crippen MR) is 115 cm³/mol. The van der Waals surface area contributed by atoms with Gasteiger partial charge in [0.05, 0.1) is 17.1 Å². The van der Waals surface area contributed by atoms with Crippen LogP contribution in [0.3, 0.4) is 0 Å². The maximum atomic E-state index is 13.2. The van der Waals surface area contributed by atoms with Gasteiger partial charge in [0.2, 0.25) is 0 Å². The lowest BCUT2D eigenvalue weighted by molar-refractivity contribution is 0.0949. The number of amides is 1. The number of rotatable bonds is 5. The van der Waals surface area contributed by atoms with Crippen molar-refractivity contribution in [3.05, 3.63) is 71.3 Å². The van der Waals surface area contributed by atoms with Crippen LogP contribution >= 0.6 is 0 Å². The summed E-state index contributed by atoms with van der Waals surface area (Å²) in [5, 5.41) is 11.2. The molecule has 1 N–H and O–H groups in total. The number of anilines is 1. The molecular weight excluding hydrogens is 414 g/mol. The minimum atomic E-state index is -3.75. The van der Waals surface area contributed by atoms with E-state index in [1.54, 1.807) is 12.1 Å². The van der Waals surface area contributed by atoms with E-state index >= 15 is 0 Å². The summed E-state index contributed by atoms with van der Waals surface area (Å²) in [5.74, 6) is 1.34. The first-order valence-electron chi connectivity index (χ1n) is 10.4. The van der Waals surface area contributed by atoms with Crippen molar-refractivity contribution < 1.29 is 13.2 Å². The Morgan fingerprint density at radius 2 is 1.87 bits per heavy atom. The zero-order valence-corrected chi connectivity index (χ0v) is 17.8. The van der Waals surface area contributed by atoms with Crippen LogP contribution in [-0.2, 0) is 36.0 Å². The first-order valence-corrected chi connectivity index (χ1v) is 11.9. The molecule has 8 nitrogen and oxygen atoms in total. The molecule has 160 valence electrons. The van der Waals surface area contributed by atoms with E-state index in [0.717, 1.165) is 43.0 Å². The molecule has 3 aromatic rings. The van der Waals surface area contributed by atoms with Gasteiger partial charge in [-0.3, -0.25) is 9.10 Å². The second kappa shape index (κ2) is 7.81. The molecule has 1 amide bonds. The maximum absolute atomic E-state index is 13.2. The first kappa shape index (κ1) is 19.7. The highest BCUT2D eigenvalue weighted by atomic mass is 32.2. The minimum absolute atomic E-state index is 0.108. The summed E-state index contributed by atoms with van der Waals surface area (Å²) in [6.45, 7) is 1.51. The number of sulfonamides is 1. The third-order valence-electron chi connectivity index (χ3n) is 5.87. The summed E-state index contributed by atoms with van der Waals surface area (Å²) in [6, 6.07) is 13.7. The SMILES string of the molecule is O=C(NCc1nnc2n1CCCC2)c1cccc(S(=O)(=O)N2CCc3ccccc32)c1. The Labute approximate surface area is 181 Å². The molecule has 1 aromatic heterocycles. The Balaban J connectivity index is 1.34. The molecule has 5 rings (SSSR count). The summed E-state index contributed by atoms with van der Waals surface area (Å²) in [4.78, 5) is 12.8. The van der Waals surface area contributed by atoms with E-state index in [-0.39, 0.29) is 17.3 Å². The zero-order chi connectivity index (χ0) is 21.4. The number of carbonyl (C=O) groups excluding carboxylic acids is 1. The van der Waals surface area contributed by atoms with E-state index in [0.29, 0.717) is 24.2 Å². The highest BCUT2D eigenvalue weighted by molar-refractivity contribution is 7.92. The minimum Gasteiger partial charge on any atom is -0.345 e. The Morgan fingerprint density at radius 3 is 2.77 bits per heavy atom. The lowest BCUT2D eigenvalue weighted by Gasteiger charge is -2.20. The fourth-order valence-electron chi connectivity index (χ4n) is 4.24. The maximum Gasteiger partial charge on any atom is 0.264 e. The van der Waals surface area contributed by atoms with Crippen molar-refractivity contribution in [1.29, 1.82) is 0 Å². The van der Waals surface area contributed by atoms with Crippen molar-refractivity contribution in [2.45, 2.75) is 43.7 Å². The summed E-state index contributed by atoms with van der Waals surface area (Å²) in [5.41, 5.74) is 2.01. The van der Waals surface area contributed by atoms with Gasteiger partial charge >= 0.3 is 0 Å². The van der Waals surface area contributed by atoms with Gasteiger partial charge in [0, 0.05) is 25.1 Å². The molecule has 0 spiro atoms. The van der Waals surface area contributed by atoms with Crippen LogP contribution in [0.15, 0.2) is 53.4 Å². The number of hydrogen-bond donors (Lipinski definition) is 1. The quantitative estimate of drug-likeness (QED) is 0.661. The van der Waals surface area contributed by atoms with Crippen LogP contribution in [0.5, 0.6) is 0 Å². The van der Waals surface area contributed by atoms with Gasteiger partial charge in [-0.05, 0) is 49.1 Å². The van der Waals surface area contributed by atoms with Crippen LogP contribution in [0.25, 0.3) is 0 Å². The average molecular weight is 438 g/mol. The number of aromatic nitrogens is 3. The Kier molecular flexibility index (Phi) is 4.97. The number of nitrogens with zero attached hydrogens (tertiary/aromatic N) is 4. The molecule has 0 bridgehead atoms. The lowest BCUT2D eigenvalue weighted by Crippen LogP contribution is -2.30. The number of para-hydroxylation sites is 1. The molecule has 0 radical (unpaired) electrons. The molecule has 2 aliphatic heterocycles. The Hall–Kier alpha value is -3.20. The molecule has 0 atom stereocenters. The monoisotopic (exact) mass is 437 g/mol. The number of aryl methyl sites for hydroxylation is 1. The van der Waals surface area contributed by atoms with Crippen LogP contribution in [0.4, 0.5) is 5.69 Å². The van der Waals surface area contributed by atoms with Gasteiger partial charge in [-0.25, -0.2) is 8.42 Å². The molecule has 0 aliphatic carbocycles. The van der Waals surface area contributed by atoms with Crippen molar-refractivity contribution in [3.63, 3.8) is 0 Å². The van der Waals surface area contributed by atoms with Crippen molar-refractivity contribution >= 4 is 21.6 Å². The van der Waals surface area contributed by atoms with Crippen LogP contribution < -0.4 is 9.62 Å². The molecule has 0 unspecified atom stereocenters. The largest absolute Gasteiger partial charge is 0.345 e. The first-order chi connectivity index (χ1) is 15.0. The number of nitrogens with one attached hydrogen (secondary N) is 1. The van der Waals surface area contributed by atoms with Crippen LogP contribution in [0.1, 0.15) is 40.4 Å².